The second-order valence-electron chi connectivity index (χ2n) is 9.74. The summed E-state index contributed by atoms with van der Waals surface area (Å²) in [4.78, 5) is 30.2. The molecule has 0 aliphatic rings. The lowest BCUT2D eigenvalue weighted by atomic mass is 9.95. The molecule has 1 aromatic carbocycles. The average Bonchev–Trinajstić information content (AvgIpc) is 3.62. The van der Waals surface area contributed by atoms with E-state index in [-0.39, 0.29) is 5.91 Å². The highest BCUT2D eigenvalue weighted by molar-refractivity contribution is 7.13. The number of fused-ring (bicyclic) bond motifs is 2. The number of halogens is 1. The molecule has 0 unspecified atom stereocenters. The van der Waals surface area contributed by atoms with Crippen LogP contribution in [0.25, 0.3) is 55.2 Å². The van der Waals surface area contributed by atoms with Gasteiger partial charge in [-0.25, -0.2) is 14.4 Å². The topological polar surface area (TPSA) is 112 Å². The molecule has 0 spiro atoms. The smallest absolute Gasteiger partial charge is 0.229 e. The number of carbonyl (C=O) groups excluding carboxylic acids is 1. The number of amides is 1. The summed E-state index contributed by atoms with van der Waals surface area (Å²) < 4.78 is 15.2. The van der Waals surface area contributed by atoms with Crippen LogP contribution in [0.5, 0.6) is 0 Å². The number of benzene rings is 1. The van der Waals surface area contributed by atoms with Crippen LogP contribution in [0.3, 0.4) is 0 Å². The molecular formula is C27H22FN7OS. The molecule has 0 saturated carbocycles. The van der Waals surface area contributed by atoms with E-state index in [1.54, 1.807) is 42.1 Å². The molecule has 8 nitrogen and oxygen atoms in total. The molecule has 184 valence electrons. The SMILES string of the molecule is CC(C)(C)C(=O)Nc1cncc(-c2cc3c(-c4nc5nccc(-c6cccs6)c5[nH]4)n[nH]c3cc2F)c1. The second-order valence-corrected chi connectivity index (χ2v) is 10.7. The molecular weight excluding hydrogens is 489 g/mol. The Morgan fingerprint density at radius 1 is 1.11 bits per heavy atom. The molecule has 0 atom stereocenters. The van der Waals surface area contributed by atoms with Crippen LogP contribution in [0.15, 0.2) is 60.4 Å². The summed E-state index contributed by atoms with van der Waals surface area (Å²) in [5.74, 6) is -0.0606. The van der Waals surface area contributed by atoms with Gasteiger partial charge in [-0.2, -0.15) is 5.10 Å². The van der Waals surface area contributed by atoms with Gasteiger partial charge in [-0.05, 0) is 29.6 Å². The number of nitrogens with zero attached hydrogens (tertiary/aromatic N) is 4. The van der Waals surface area contributed by atoms with Gasteiger partial charge in [0.15, 0.2) is 11.5 Å². The normalized spacial score (nSPS) is 11.9. The van der Waals surface area contributed by atoms with Gasteiger partial charge in [-0.3, -0.25) is 14.9 Å². The highest BCUT2D eigenvalue weighted by Crippen LogP contribution is 2.35. The monoisotopic (exact) mass is 511 g/mol. The van der Waals surface area contributed by atoms with E-state index < -0.39 is 11.2 Å². The van der Waals surface area contributed by atoms with Crippen LogP contribution in [0.4, 0.5) is 10.1 Å². The number of hydrogen-bond donors (Lipinski definition) is 3. The molecule has 3 N–H and O–H groups in total. The largest absolute Gasteiger partial charge is 0.335 e. The Morgan fingerprint density at radius 2 is 1.97 bits per heavy atom. The molecule has 6 aromatic rings. The van der Waals surface area contributed by atoms with Crippen molar-refractivity contribution in [1.82, 2.24) is 30.1 Å². The van der Waals surface area contributed by atoms with E-state index in [1.807, 2.05) is 44.4 Å². The van der Waals surface area contributed by atoms with E-state index in [1.165, 1.54) is 6.07 Å². The first-order chi connectivity index (χ1) is 17.8. The summed E-state index contributed by atoms with van der Waals surface area (Å²) in [6.07, 6.45) is 4.84. The van der Waals surface area contributed by atoms with Gasteiger partial charge in [0.05, 0.1) is 22.9 Å². The molecule has 5 aromatic heterocycles. The lowest BCUT2D eigenvalue weighted by molar-refractivity contribution is -0.123. The molecule has 37 heavy (non-hydrogen) atoms. The minimum atomic E-state index is -0.573. The van der Waals surface area contributed by atoms with E-state index in [0.717, 1.165) is 16.0 Å². The zero-order valence-corrected chi connectivity index (χ0v) is 21.1. The highest BCUT2D eigenvalue weighted by Gasteiger charge is 2.22. The lowest BCUT2D eigenvalue weighted by Crippen LogP contribution is -2.27. The number of anilines is 1. The number of hydrogen-bond acceptors (Lipinski definition) is 6. The maximum absolute atomic E-state index is 15.2. The first-order valence-corrected chi connectivity index (χ1v) is 12.5. The van der Waals surface area contributed by atoms with Gasteiger partial charge >= 0.3 is 0 Å². The number of imidazole rings is 1. The minimum absolute atomic E-state index is 0.153. The van der Waals surface area contributed by atoms with Crippen LogP contribution in [0, 0.1) is 11.2 Å². The number of rotatable bonds is 4. The standard InChI is InChI=1S/C27H22FN7OS/c1-27(2,3)26(36)31-15-9-14(12-29-13-15)17-10-18-20(11-19(17)28)34-35-23(18)25-32-22-16(21-5-4-8-37-21)6-7-30-24(22)33-25/h4-13H,1-3H3,(H,31,36)(H,34,35)(H,30,32,33). The summed E-state index contributed by atoms with van der Waals surface area (Å²) in [5.41, 5.74) is 4.27. The van der Waals surface area contributed by atoms with Crippen molar-refractivity contribution >= 4 is 45.0 Å². The van der Waals surface area contributed by atoms with E-state index in [9.17, 15) is 4.79 Å². The Bertz CT molecular complexity index is 1780. The van der Waals surface area contributed by atoms with Crippen LogP contribution < -0.4 is 5.32 Å². The van der Waals surface area contributed by atoms with Gasteiger partial charge in [-0.15, -0.1) is 11.3 Å². The van der Waals surface area contributed by atoms with Crippen molar-refractivity contribution in [3.63, 3.8) is 0 Å². The van der Waals surface area contributed by atoms with E-state index >= 15 is 4.39 Å². The summed E-state index contributed by atoms with van der Waals surface area (Å²) in [6.45, 7) is 5.47. The van der Waals surface area contributed by atoms with Crippen molar-refractivity contribution in [2.45, 2.75) is 20.8 Å². The summed E-state index contributed by atoms with van der Waals surface area (Å²) in [7, 11) is 0. The van der Waals surface area contributed by atoms with Crippen LogP contribution in [-0.4, -0.2) is 36.0 Å². The predicted octanol–water partition coefficient (Wildman–Crippen LogP) is 6.42. The van der Waals surface area contributed by atoms with Crippen LogP contribution >= 0.6 is 11.3 Å². The number of carbonyl (C=O) groups is 1. The number of H-pyrrole nitrogens is 2. The zero-order valence-electron chi connectivity index (χ0n) is 20.3. The predicted molar refractivity (Wildman–Crippen MR) is 144 cm³/mol. The maximum atomic E-state index is 15.2. The molecule has 6 rings (SSSR count). The number of aromatic nitrogens is 6. The molecule has 0 aliphatic carbocycles. The number of nitrogens with one attached hydrogen (secondary N) is 3. The summed E-state index contributed by atoms with van der Waals surface area (Å²) in [6, 6.07) is 10.8. The summed E-state index contributed by atoms with van der Waals surface area (Å²) >= 11 is 1.64. The van der Waals surface area contributed by atoms with Crippen LogP contribution in [0.2, 0.25) is 0 Å². The van der Waals surface area contributed by atoms with Gasteiger partial charge in [0.2, 0.25) is 5.91 Å². The third-order valence-corrected chi connectivity index (χ3v) is 6.94. The van der Waals surface area contributed by atoms with E-state index in [2.05, 4.69) is 35.5 Å². The third-order valence-electron chi connectivity index (χ3n) is 6.04. The first-order valence-electron chi connectivity index (χ1n) is 11.6. The van der Waals surface area contributed by atoms with Gasteiger partial charge in [0.1, 0.15) is 11.5 Å². The number of pyridine rings is 2. The van der Waals surface area contributed by atoms with Gasteiger partial charge in [0.25, 0.3) is 0 Å². The fraction of sp³-hybridized carbons (Fsp3) is 0.148. The van der Waals surface area contributed by atoms with Crippen molar-refractivity contribution in [3.05, 3.63) is 66.2 Å². The molecule has 0 radical (unpaired) electrons. The van der Waals surface area contributed by atoms with Crippen molar-refractivity contribution in [2.24, 2.45) is 5.41 Å². The molecule has 0 aliphatic heterocycles. The highest BCUT2D eigenvalue weighted by atomic mass is 32.1. The summed E-state index contributed by atoms with van der Waals surface area (Å²) in [5, 5.41) is 12.9. The maximum Gasteiger partial charge on any atom is 0.229 e. The number of thiophene rings is 1. The van der Waals surface area contributed by atoms with Crippen molar-refractivity contribution in [2.75, 3.05) is 5.32 Å². The van der Waals surface area contributed by atoms with E-state index in [4.69, 9.17) is 0 Å². The van der Waals surface area contributed by atoms with Crippen molar-refractivity contribution in [1.29, 1.82) is 0 Å². The Kier molecular flexibility index (Phi) is 5.34. The average molecular weight is 512 g/mol. The molecule has 5 heterocycles. The van der Waals surface area contributed by atoms with Gasteiger partial charge in [0, 0.05) is 50.8 Å². The fourth-order valence-corrected chi connectivity index (χ4v) is 4.83. The molecule has 1 amide bonds. The number of aromatic amines is 2. The van der Waals surface area contributed by atoms with Gasteiger partial charge < -0.3 is 10.3 Å². The first kappa shape index (κ1) is 23.0. The molecule has 0 fully saturated rings. The van der Waals surface area contributed by atoms with Crippen molar-refractivity contribution in [3.8, 4) is 33.1 Å². The molecule has 10 heteroatoms. The Balaban J connectivity index is 1.43. The Hall–Kier alpha value is -4.44. The van der Waals surface area contributed by atoms with Gasteiger partial charge in [-0.1, -0.05) is 26.8 Å². The lowest BCUT2D eigenvalue weighted by Gasteiger charge is -2.17. The quantitative estimate of drug-likeness (QED) is 0.253. The second kappa shape index (κ2) is 8.59. The molecule has 0 bridgehead atoms. The fourth-order valence-electron chi connectivity index (χ4n) is 4.07. The van der Waals surface area contributed by atoms with Crippen LogP contribution in [0.1, 0.15) is 20.8 Å². The zero-order chi connectivity index (χ0) is 25.7. The Morgan fingerprint density at radius 3 is 2.76 bits per heavy atom. The third kappa shape index (κ3) is 4.15. The molecule has 0 saturated heterocycles. The minimum Gasteiger partial charge on any atom is -0.335 e. The van der Waals surface area contributed by atoms with Crippen LogP contribution in [-0.2, 0) is 4.79 Å². The van der Waals surface area contributed by atoms with E-state index in [0.29, 0.717) is 44.9 Å². The Labute approximate surface area is 215 Å². The van der Waals surface area contributed by atoms with Crippen molar-refractivity contribution < 1.29 is 9.18 Å².